The zero-order valence-corrected chi connectivity index (χ0v) is 21.7. The van der Waals surface area contributed by atoms with Gasteiger partial charge in [0.05, 0.1) is 11.7 Å². The Labute approximate surface area is 221 Å². The Kier molecular flexibility index (Phi) is 6.70. The number of carbonyl (C=O) groups excluding carboxylic acids is 1. The third kappa shape index (κ3) is 5.15. The lowest BCUT2D eigenvalue weighted by Crippen LogP contribution is -2.13. The van der Waals surface area contributed by atoms with Crippen molar-refractivity contribution in [3.05, 3.63) is 103 Å². The smallest absolute Gasteiger partial charge is 0.255 e. The van der Waals surface area contributed by atoms with Crippen molar-refractivity contribution < 1.29 is 9.18 Å². The minimum Gasteiger partial charge on any atom is -0.378 e. The molecule has 1 amide bonds. The minimum absolute atomic E-state index is 0.201. The van der Waals surface area contributed by atoms with Crippen LogP contribution in [-0.2, 0) is 0 Å². The summed E-state index contributed by atoms with van der Waals surface area (Å²) in [4.78, 5) is 16.7. The summed E-state index contributed by atoms with van der Waals surface area (Å²) in [5, 5.41) is 11.4. The first-order chi connectivity index (χ1) is 18.3. The van der Waals surface area contributed by atoms with Gasteiger partial charge in [-0.25, -0.2) is 9.07 Å². The largest absolute Gasteiger partial charge is 0.378 e. The van der Waals surface area contributed by atoms with Crippen LogP contribution in [0.25, 0.3) is 16.6 Å². The van der Waals surface area contributed by atoms with Crippen LogP contribution in [0, 0.1) is 5.82 Å². The van der Waals surface area contributed by atoms with E-state index in [0.717, 1.165) is 28.0 Å². The second-order valence-corrected chi connectivity index (χ2v) is 9.46. The second kappa shape index (κ2) is 10.3. The SMILES string of the molecule is CN(C)c1ccc(Nc2ccc(-n3ncc4cc(NC(=O)c5ccc(N(C)C)cc5)ccc43)c(F)c2)cc1. The summed E-state index contributed by atoms with van der Waals surface area (Å²) in [6.45, 7) is 0. The highest BCUT2D eigenvalue weighted by Crippen LogP contribution is 2.27. The topological polar surface area (TPSA) is 65.4 Å². The molecule has 192 valence electrons. The van der Waals surface area contributed by atoms with Gasteiger partial charge in [-0.1, -0.05) is 0 Å². The van der Waals surface area contributed by atoms with E-state index in [9.17, 15) is 4.79 Å². The maximum absolute atomic E-state index is 15.2. The van der Waals surface area contributed by atoms with Crippen LogP contribution >= 0.6 is 0 Å². The molecule has 7 nitrogen and oxygen atoms in total. The van der Waals surface area contributed by atoms with Crippen LogP contribution in [-0.4, -0.2) is 43.9 Å². The maximum Gasteiger partial charge on any atom is 0.255 e. The van der Waals surface area contributed by atoms with Gasteiger partial charge in [-0.15, -0.1) is 0 Å². The molecular weight excluding hydrogens is 479 g/mol. The van der Waals surface area contributed by atoms with Gasteiger partial charge in [0.2, 0.25) is 0 Å². The highest BCUT2D eigenvalue weighted by molar-refractivity contribution is 6.05. The van der Waals surface area contributed by atoms with E-state index < -0.39 is 5.82 Å². The molecule has 0 saturated carbocycles. The van der Waals surface area contributed by atoms with Gasteiger partial charge in [-0.2, -0.15) is 5.10 Å². The number of amides is 1. The lowest BCUT2D eigenvalue weighted by Gasteiger charge is -2.14. The summed E-state index contributed by atoms with van der Waals surface area (Å²) in [7, 11) is 7.87. The normalized spacial score (nSPS) is 10.9. The van der Waals surface area contributed by atoms with Gasteiger partial charge in [0, 0.05) is 67.6 Å². The summed E-state index contributed by atoms with van der Waals surface area (Å²) in [5.74, 6) is -0.601. The van der Waals surface area contributed by atoms with E-state index in [1.807, 2.05) is 92.6 Å². The van der Waals surface area contributed by atoms with Gasteiger partial charge in [-0.3, -0.25) is 4.79 Å². The van der Waals surface area contributed by atoms with Crippen LogP contribution in [0.2, 0.25) is 0 Å². The van der Waals surface area contributed by atoms with Crippen LogP contribution in [0.1, 0.15) is 10.4 Å². The quantitative estimate of drug-likeness (QED) is 0.270. The Morgan fingerprint density at radius 3 is 2.00 bits per heavy atom. The molecule has 0 atom stereocenters. The summed E-state index contributed by atoms with van der Waals surface area (Å²) >= 11 is 0. The molecular formula is C30H29FN6O. The van der Waals surface area contributed by atoms with Crippen molar-refractivity contribution in [2.45, 2.75) is 0 Å². The number of benzene rings is 4. The van der Waals surface area contributed by atoms with E-state index in [0.29, 0.717) is 22.6 Å². The number of hydrogen-bond acceptors (Lipinski definition) is 5. The standard InChI is InChI=1S/C30H29FN6O/c1-35(2)25-11-5-20(6-12-25)30(38)34-23-9-15-28-21(17-23)19-32-37(28)29-16-10-24(18-27(29)31)33-22-7-13-26(14-8-22)36(3)4/h5-19,33H,1-4H3,(H,34,38). The van der Waals surface area contributed by atoms with Crippen molar-refractivity contribution in [1.82, 2.24) is 9.78 Å². The van der Waals surface area contributed by atoms with Crippen LogP contribution in [0.3, 0.4) is 0 Å². The van der Waals surface area contributed by atoms with Crippen molar-refractivity contribution in [3.63, 3.8) is 0 Å². The minimum atomic E-state index is -0.400. The molecule has 0 aliphatic rings. The van der Waals surface area contributed by atoms with Gasteiger partial charge >= 0.3 is 0 Å². The van der Waals surface area contributed by atoms with Crippen molar-refractivity contribution in [2.75, 3.05) is 48.6 Å². The molecule has 4 aromatic carbocycles. The molecule has 0 aliphatic carbocycles. The highest BCUT2D eigenvalue weighted by Gasteiger charge is 2.13. The van der Waals surface area contributed by atoms with E-state index in [1.54, 1.807) is 35.1 Å². The fraction of sp³-hybridized carbons (Fsp3) is 0.133. The Morgan fingerprint density at radius 1 is 0.763 bits per heavy atom. The third-order valence-corrected chi connectivity index (χ3v) is 6.32. The summed E-state index contributed by atoms with van der Waals surface area (Å²) in [6.07, 6.45) is 1.66. The molecule has 5 rings (SSSR count). The third-order valence-electron chi connectivity index (χ3n) is 6.32. The summed E-state index contributed by atoms with van der Waals surface area (Å²) in [5.41, 5.74) is 5.90. The Morgan fingerprint density at radius 2 is 1.37 bits per heavy atom. The number of nitrogens with one attached hydrogen (secondary N) is 2. The second-order valence-electron chi connectivity index (χ2n) is 9.46. The van der Waals surface area contributed by atoms with Crippen molar-refractivity contribution in [3.8, 4) is 5.69 Å². The van der Waals surface area contributed by atoms with Gasteiger partial charge < -0.3 is 20.4 Å². The van der Waals surface area contributed by atoms with Crippen molar-refractivity contribution in [1.29, 1.82) is 0 Å². The lowest BCUT2D eigenvalue weighted by atomic mass is 10.1. The molecule has 0 radical (unpaired) electrons. The van der Waals surface area contributed by atoms with E-state index in [-0.39, 0.29) is 5.91 Å². The Hall–Kier alpha value is -4.85. The van der Waals surface area contributed by atoms with Crippen LogP contribution in [0.15, 0.2) is 91.1 Å². The van der Waals surface area contributed by atoms with Gasteiger partial charge in [0.15, 0.2) is 5.82 Å². The number of rotatable bonds is 7. The first-order valence-electron chi connectivity index (χ1n) is 12.2. The van der Waals surface area contributed by atoms with Crippen LogP contribution in [0.4, 0.5) is 32.8 Å². The fourth-order valence-electron chi connectivity index (χ4n) is 4.18. The molecule has 0 saturated heterocycles. The fourth-order valence-corrected chi connectivity index (χ4v) is 4.18. The van der Waals surface area contributed by atoms with Gasteiger partial charge in [-0.05, 0) is 84.9 Å². The van der Waals surface area contributed by atoms with Crippen LogP contribution < -0.4 is 20.4 Å². The van der Waals surface area contributed by atoms with E-state index in [4.69, 9.17) is 0 Å². The number of anilines is 5. The van der Waals surface area contributed by atoms with Crippen LogP contribution in [0.5, 0.6) is 0 Å². The number of aromatic nitrogens is 2. The molecule has 0 spiro atoms. The lowest BCUT2D eigenvalue weighted by molar-refractivity contribution is 0.102. The zero-order chi connectivity index (χ0) is 26.8. The molecule has 0 unspecified atom stereocenters. The van der Waals surface area contributed by atoms with E-state index in [1.165, 1.54) is 6.07 Å². The molecule has 1 aromatic heterocycles. The highest BCUT2D eigenvalue weighted by atomic mass is 19.1. The Balaban J connectivity index is 1.32. The first-order valence-corrected chi connectivity index (χ1v) is 12.2. The summed E-state index contributed by atoms with van der Waals surface area (Å²) in [6, 6.07) is 25.7. The number of hydrogen-bond donors (Lipinski definition) is 2. The molecule has 0 aliphatic heterocycles. The molecule has 0 fully saturated rings. The average molecular weight is 509 g/mol. The Bertz CT molecular complexity index is 1590. The molecule has 0 bridgehead atoms. The molecule has 1 heterocycles. The molecule has 38 heavy (non-hydrogen) atoms. The monoisotopic (exact) mass is 508 g/mol. The van der Waals surface area contributed by atoms with Crippen molar-refractivity contribution in [2.24, 2.45) is 0 Å². The number of halogens is 1. The number of nitrogens with zero attached hydrogens (tertiary/aromatic N) is 4. The zero-order valence-electron chi connectivity index (χ0n) is 21.7. The molecule has 2 N–H and O–H groups in total. The first kappa shape index (κ1) is 24.8. The summed E-state index contributed by atoms with van der Waals surface area (Å²) < 4.78 is 16.7. The molecule has 8 heteroatoms. The molecule has 5 aromatic rings. The number of carbonyl (C=O) groups is 1. The van der Waals surface area contributed by atoms with E-state index >= 15 is 4.39 Å². The average Bonchev–Trinajstić information content (AvgIpc) is 3.32. The maximum atomic E-state index is 15.2. The van der Waals surface area contributed by atoms with Crippen molar-refractivity contribution >= 4 is 45.2 Å². The number of fused-ring (bicyclic) bond motifs is 1. The predicted octanol–water partition coefficient (Wildman–Crippen LogP) is 6.29. The predicted molar refractivity (Wildman–Crippen MR) is 154 cm³/mol. The van der Waals surface area contributed by atoms with E-state index in [2.05, 4.69) is 15.7 Å². The van der Waals surface area contributed by atoms with Gasteiger partial charge in [0.25, 0.3) is 5.91 Å². The van der Waals surface area contributed by atoms with Gasteiger partial charge in [0.1, 0.15) is 5.69 Å².